The Morgan fingerprint density at radius 2 is 2.05 bits per heavy atom. The second kappa shape index (κ2) is 7.22. The number of nitrogens with zero attached hydrogens (tertiary/aromatic N) is 1. The molecule has 0 aliphatic heterocycles. The zero-order valence-electron chi connectivity index (χ0n) is 13.3. The van der Waals surface area contributed by atoms with E-state index in [-0.39, 0.29) is 18.1 Å². The number of H-pyrrole nitrogens is 1. The van der Waals surface area contributed by atoms with Crippen LogP contribution in [0.3, 0.4) is 0 Å². The zero-order valence-corrected chi connectivity index (χ0v) is 13.3. The summed E-state index contributed by atoms with van der Waals surface area (Å²) in [6.07, 6.45) is 0. The van der Waals surface area contributed by atoms with Crippen molar-refractivity contribution in [3.05, 3.63) is 46.2 Å². The highest BCUT2D eigenvalue weighted by Gasteiger charge is 2.17. The van der Waals surface area contributed by atoms with E-state index < -0.39 is 0 Å². The Labute approximate surface area is 129 Å². The van der Waals surface area contributed by atoms with Crippen LogP contribution in [0, 0.1) is 5.92 Å². The van der Waals surface area contributed by atoms with Gasteiger partial charge in [0.1, 0.15) is 6.61 Å². The fourth-order valence-corrected chi connectivity index (χ4v) is 2.43. The number of rotatable bonds is 6. The number of pyridine rings is 1. The quantitative estimate of drug-likeness (QED) is 0.889. The number of aromatic nitrogens is 1. The van der Waals surface area contributed by atoms with Gasteiger partial charge >= 0.3 is 0 Å². The van der Waals surface area contributed by atoms with Crippen molar-refractivity contribution in [1.29, 1.82) is 0 Å². The molecule has 2 aromatic rings. The molecule has 0 bridgehead atoms. The standard InChI is InChI=1S/C17H22N2O3/c1-12(2)9-19(16(20)11-22-3)10-14-8-13-6-4-5-7-15(13)18-17(14)21/h4-8,12H,9-11H2,1-3H3,(H,18,21). The van der Waals surface area contributed by atoms with E-state index in [4.69, 9.17) is 4.74 Å². The first-order valence-corrected chi connectivity index (χ1v) is 7.39. The molecule has 0 radical (unpaired) electrons. The van der Waals surface area contributed by atoms with E-state index in [1.54, 1.807) is 4.90 Å². The number of nitrogens with one attached hydrogen (secondary N) is 1. The van der Waals surface area contributed by atoms with Crippen LogP contribution >= 0.6 is 0 Å². The Morgan fingerprint density at radius 1 is 1.32 bits per heavy atom. The molecule has 0 unspecified atom stereocenters. The molecule has 1 aromatic carbocycles. The number of methoxy groups -OCH3 is 1. The fourth-order valence-electron chi connectivity index (χ4n) is 2.43. The largest absolute Gasteiger partial charge is 0.375 e. The summed E-state index contributed by atoms with van der Waals surface area (Å²) in [4.78, 5) is 28.9. The van der Waals surface area contributed by atoms with Gasteiger partial charge in [0.25, 0.3) is 5.56 Å². The van der Waals surface area contributed by atoms with Crippen molar-refractivity contribution in [2.45, 2.75) is 20.4 Å². The molecule has 1 N–H and O–H groups in total. The third kappa shape index (κ3) is 3.95. The third-order valence-electron chi connectivity index (χ3n) is 3.40. The summed E-state index contributed by atoms with van der Waals surface area (Å²) >= 11 is 0. The van der Waals surface area contributed by atoms with E-state index in [2.05, 4.69) is 4.98 Å². The molecule has 0 saturated carbocycles. The van der Waals surface area contributed by atoms with E-state index in [0.717, 1.165) is 10.9 Å². The van der Waals surface area contributed by atoms with Crippen LogP contribution in [0.25, 0.3) is 10.9 Å². The van der Waals surface area contributed by atoms with Crippen molar-refractivity contribution in [3.63, 3.8) is 0 Å². The number of amides is 1. The van der Waals surface area contributed by atoms with Crippen molar-refractivity contribution in [2.75, 3.05) is 20.3 Å². The third-order valence-corrected chi connectivity index (χ3v) is 3.40. The molecule has 2 rings (SSSR count). The maximum absolute atomic E-state index is 12.2. The second-order valence-electron chi connectivity index (χ2n) is 5.81. The normalized spacial score (nSPS) is 11.1. The molecule has 1 aromatic heterocycles. The van der Waals surface area contributed by atoms with Crippen LogP contribution in [-0.4, -0.2) is 36.1 Å². The van der Waals surface area contributed by atoms with Gasteiger partial charge in [-0.25, -0.2) is 0 Å². The molecular formula is C17H22N2O3. The first kappa shape index (κ1) is 16.2. The molecule has 0 spiro atoms. The maximum atomic E-state index is 12.2. The molecule has 1 heterocycles. The van der Waals surface area contributed by atoms with E-state index in [9.17, 15) is 9.59 Å². The van der Waals surface area contributed by atoms with Gasteiger partial charge < -0.3 is 14.6 Å². The summed E-state index contributed by atoms with van der Waals surface area (Å²) in [6, 6.07) is 9.46. The lowest BCUT2D eigenvalue weighted by molar-refractivity contribution is -0.136. The van der Waals surface area contributed by atoms with Crippen LogP contribution in [-0.2, 0) is 16.1 Å². The number of hydrogen-bond donors (Lipinski definition) is 1. The minimum atomic E-state index is -0.155. The average Bonchev–Trinajstić information content (AvgIpc) is 2.47. The van der Waals surface area contributed by atoms with Crippen molar-refractivity contribution >= 4 is 16.8 Å². The average molecular weight is 302 g/mol. The first-order chi connectivity index (χ1) is 10.5. The van der Waals surface area contributed by atoms with Crippen molar-refractivity contribution in [3.8, 4) is 0 Å². The molecule has 118 valence electrons. The summed E-state index contributed by atoms with van der Waals surface area (Å²) in [5.74, 6) is 0.212. The molecule has 22 heavy (non-hydrogen) atoms. The molecule has 5 heteroatoms. The lowest BCUT2D eigenvalue weighted by atomic mass is 10.1. The van der Waals surface area contributed by atoms with Gasteiger partial charge in [-0.05, 0) is 23.4 Å². The summed E-state index contributed by atoms with van der Waals surface area (Å²) in [7, 11) is 1.49. The SMILES string of the molecule is COCC(=O)N(Cc1cc2ccccc2[nH]c1=O)CC(C)C. The zero-order chi connectivity index (χ0) is 16.1. The number of carbonyl (C=O) groups is 1. The lowest BCUT2D eigenvalue weighted by Crippen LogP contribution is -2.37. The predicted molar refractivity (Wildman–Crippen MR) is 86.7 cm³/mol. The molecule has 5 nitrogen and oxygen atoms in total. The number of aromatic amines is 1. The number of fused-ring (bicyclic) bond motifs is 1. The minimum Gasteiger partial charge on any atom is -0.375 e. The molecule has 1 amide bonds. The van der Waals surface area contributed by atoms with Crippen molar-refractivity contribution < 1.29 is 9.53 Å². The highest BCUT2D eigenvalue weighted by Crippen LogP contribution is 2.12. The van der Waals surface area contributed by atoms with E-state index in [1.165, 1.54) is 7.11 Å². The van der Waals surface area contributed by atoms with Gasteiger partial charge in [-0.3, -0.25) is 9.59 Å². The maximum Gasteiger partial charge on any atom is 0.253 e. The van der Waals surface area contributed by atoms with Gasteiger partial charge in [0.15, 0.2) is 0 Å². The molecule has 0 fully saturated rings. The van der Waals surface area contributed by atoms with Crippen LogP contribution < -0.4 is 5.56 Å². The molecular weight excluding hydrogens is 280 g/mol. The van der Waals surface area contributed by atoms with E-state index >= 15 is 0 Å². The molecule has 0 aliphatic carbocycles. The number of hydrogen-bond acceptors (Lipinski definition) is 3. The summed E-state index contributed by atoms with van der Waals surface area (Å²) in [5, 5.41) is 0.959. The van der Waals surface area contributed by atoms with Crippen LogP contribution in [0.5, 0.6) is 0 Å². The highest BCUT2D eigenvalue weighted by atomic mass is 16.5. The Kier molecular flexibility index (Phi) is 5.33. The first-order valence-electron chi connectivity index (χ1n) is 7.39. The molecule has 0 aliphatic rings. The highest BCUT2D eigenvalue weighted by molar-refractivity contribution is 5.79. The number of carbonyl (C=O) groups excluding carboxylic acids is 1. The van der Waals surface area contributed by atoms with Gasteiger partial charge in [-0.1, -0.05) is 32.0 Å². The van der Waals surface area contributed by atoms with Gasteiger partial charge in [0.2, 0.25) is 5.91 Å². The summed E-state index contributed by atoms with van der Waals surface area (Å²) in [6.45, 7) is 4.99. The Morgan fingerprint density at radius 3 is 2.73 bits per heavy atom. The molecule has 0 atom stereocenters. The van der Waals surface area contributed by atoms with Crippen molar-refractivity contribution in [2.24, 2.45) is 5.92 Å². The summed E-state index contributed by atoms with van der Waals surface area (Å²) in [5.41, 5.74) is 1.23. The monoisotopic (exact) mass is 302 g/mol. The number of ether oxygens (including phenoxy) is 1. The Bertz CT molecular complexity index is 706. The van der Waals surface area contributed by atoms with Gasteiger partial charge in [-0.2, -0.15) is 0 Å². The smallest absolute Gasteiger partial charge is 0.253 e. The lowest BCUT2D eigenvalue weighted by Gasteiger charge is -2.24. The van der Waals surface area contributed by atoms with Gasteiger partial charge in [0, 0.05) is 24.7 Å². The Balaban J connectivity index is 2.30. The Hall–Kier alpha value is -2.14. The van der Waals surface area contributed by atoms with Crippen LogP contribution in [0.2, 0.25) is 0 Å². The number of para-hydroxylation sites is 1. The van der Waals surface area contributed by atoms with Crippen LogP contribution in [0.4, 0.5) is 0 Å². The van der Waals surface area contributed by atoms with E-state index in [1.807, 2.05) is 44.2 Å². The van der Waals surface area contributed by atoms with Crippen LogP contribution in [0.1, 0.15) is 19.4 Å². The molecule has 0 saturated heterocycles. The topological polar surface area (TPSA) is 62.4 Å². The van der Waals surface area contributed by atoms with E-state index in [0.29, 0.717) is 24.6 Å². The fraction of sp³-hybridized carbons (Fsp3) is 0.412. The van der Waals surface area contributed by atoms with Gasteiger partial charge in [0.05, 0.1) is 6.54 Å². The second-order valence-corrected chi connectivity index (χ2v) is 5.81. The predicted octanol–water partition coefficient (Wildman–Crippen LogP) is 2.16. The summed E-state index contributed by atoms with van der Waals surface area (Å²) < 4.78 is 4.93. The van der Waals surface area contributed by atoms with Crippen LogP contribution in [0.15, 0.2) is 35.1 Å². The van der Waals surface area contributed by atoms with Crippen molar-refractivity contribution in [1.82, 2.24) is 9.88 Å². The van der Waals surface area contributed by atoms with Gasteiger partial charge in [-0.15, -0.1) is 0 Å². The minimum absolute atomic E-state index is 0.0260. The number of benzene rings is 1.